The summed E-state index contributed by atoms with van der Waals surface area (Å²) in [5.74, 6) is -0.0468. The van der Waals surface area contributed by atoms with E-state index >= 15 is 0 Å². The SMILES string of the molecule is CSc1csc2cnc(C(=O)N[C@@H]3C[C@H]4CC[C@@H]3N4)cc12. The van der Waals surface area contributed by atoms with Crippen molar-refractivity contribution in [3.63, 3.8) is 0 Å². The second kappa shape index (κ2) is 5.26. The molecule has 4 nitrogen and oxygen atoms in total. The van der Waals surface area contributed by atoms with Crippen molar-refractivity contribution in [1.29, 1.82) is 0 Å². The number of pyridine rings is 1. The maximum absolute atomic E-state index is 12.4. The first-order chi connectivity index (χ1) is 10.2. The molecule has 21 heavy (non-hydrogen) atoms. The summed E-state index contributed by atoms with van der Waals surface area (Å²) in [6.45, 7) is 0. The normalized spacial score (nSPS) is 27.4. The Labute approximate surface area is 131 Å². The van der Waals surface area contributed by atoms with E-state index in [0.717, 1.165) is 16.5 Å². The highest BCUT2D eigenvalue weighted by Crippen LogP contribution is 2.32. The van der Waals surface area contributed by atoms with E-state index < -0.39 is 0 Å². The number of fused-ring (bicyclic) bond motifs is 3. The van der Waals surface area contributed by atoms with E-state index in [1.807, 2.05) is 12.3 Å². The Balaban J connectivity index is 1.56. The van der Waals surface area contributed by atoms with Gasteiger partial charge in [-0.2, -0.15) is 0 Å². The van der Waals surface area contributed by atoms with Crippen molar-refractivity contribution in [2.45, 2.75) is 42.3 Å². The summed E-state index contributed by atoms with van der Waals surface area (Å²) in [6, 6.07) is 3.23. The molecular formula is C15H17N3OS2. The minimum atomic E-state index is -0.0468. The van der Waals surface area contributed by atoms with Crippen LogP contribution in [0.15, 0.2) is 22.5 Å². The first-order valence-electron chi connectivity index (χ1n) is 7.23. The third-order valence-corrected chi connectivity index (χ3v) is 6.35. The lowest BCUT2D eigenvalue weighted by atomic mass is 9.95. The van der Waals surface area contributed by atoms with Gasteiger partial charge in [0.15, 0.2) is 0 Å². The highest BCUT2D eigenvalue weighted by atomic mass is 32.2. The summed E-state index contributed by atoms with van der Waals surface area (Å²) in [7, 11) is 0. The van der Waals surface area contributed by atoms with Crippen LogP contribution in [0.2, 0.25) is 0 Å². The summed E-state index contributed by atoms with van der Waals surface area (Å²) in [6.07, 6.45) is 7.33. The van der Waals surface area contributed by atoms with Gasteiger partial charge >= 0.3 is 0 Å². The molecule has 0 spiro atoms. The molecule has 2 aromatic rings. The summed E-state index contributed by atoms with van der Waals surface area (Å²) in [5.41, 5.74) is 0.527. The Kier molecular flexibility index (Phi) is 3.40. The number of aromatic nitrogens is 1. The van der Waals surface area contributed by atoms with E-state index in [9.17, 15) is 4.79 Å². The van der Waals surface area contributed by atoms with Crippen molar-refractivity contribution in [2.24, 2.45) is 0 Å². The number of thioether (sulfide) groups is 1. The van der Waals surface area contributed by atoms with Gasteiger partial charge in [0, 0.05) is 40.0 Å². The number of nitrogens with one attached hydrogen (secondary N) is 2. The van der Waals surface area contributed by atoms with Crippen LogP contribution in [-0.2, 0) is 0 Å². The van der Waals surface area contributed by atoms with Crippen LogP contribution < -0.4 is 10.6 Å². The quantitative estimate of drug-likeness (QED) is 0.854. The van der Waals surface area contributed by atoms with Crippen molar-refractivity contribution in [3.05, 3.63) is 23.3 Å². The van der Waals surface area contributed by atoms with Crippen molar-refractivity contribution >= 4 is 39.1 Å². The number of rotatable bonds is 3. The van der Waals surface area contributed by atoms with Crippen LogP contribution in [0.1, 0.15) is 29.8 Å². The Hall–Kier alpha value is -1.11. The monoisotopic (exact) mass is 319 g/mol. The van der Waals surface area contributed by atoms with E-state index in [2.05, 4.69) is 27.3 Å². The third-order valence-electron chi connectivity index (χ3n) is 4.49. The fraction of sp³-hybridized carbons (Fsp3) is 0.467. The summed E-state index contributed by atoms with van der Waals surface area (Å²) >= 11 is 3.39. The van der Waals surface area contributed by atoms with Gasteiger partial charge in [-0.25, -0.2) is 4.98 Å². The zero-order valence-corrected chi connectivity index (χ0v) is 13.4. The van der Waals surface area contributed by atoms with Gasteiger partial charge in [0.05, 0.1) is 4.70 Å². The minimum absolute atomic E-state index is 0.0468. The molecule has 3 atom stereocenters. The first kappa shape index (κ1) is 13.5. The molecule has 2 aromatic heterocycles. The van der Waals surface area contributed by atoms with Crippen LogP contribution >= 0.6 is 23.1 Å². The number of amides is 1. The van der Waals surface area contributed by atoms with Crippen molar-refractivity contribution in [2.75, 3.05) is 6.26 Å². The van der Waals surface area contributed by atoms with Crippen molar-refractivity contribution in [3.8, 4) is 0 Å². The highest BCUT2D eigenvalue weighted by Gasteiger charge is 2.39. The molecule has 4 heterocycles. The topological polar surface area (TPSA) is 54.0 Å². The maximum atomic E-state index is 12.4. The molecular weight excluding hydrogens is 302 g/mol. The molecule has 0 unspecified atom stereocenters. The van der Waals surface area contributed by atoms with Crippen molar-refractivity contribution < 1.29 is 4.79 Å². The van der Waals surface area contributed by atoms with Gasteiger partial charge in [-0.15, -0.1) is 23.1 Å². The second-order valence-corrected chi connectivity index (χ2v) is 7.49. The molecule has 0 saturated carbocycles. The van der Waals surface area contributed by atoms with Crippen LogP contribution in [0.3, 0.4) is 0 Å². The van der Waals surface area contributed by atoms with Crippen LogP contribution in [0.4, 0.5) is 0 Å². The molecule has 6 heteroatoms. The van der Waals surface area contributed by atoms with Crippen LogP contribution in [0.5, 0.6) is 0 Å². The Morgan fingerprint density at radius 1 is 1.52 bits per heavy atom. The lowest BCUT2D eigenvalue weighted by Gasteiger charge is -2.21. The van der Waals surface area contributed by atoms with Gasteiger partial charge in [-0.3, -0.25) is 4.79 Å². The molecule has 0 aliphatic carbocycles. The molecule has 2 aliphatic rings. The Morgan fingerprint density at radius 3 is 3.14 bits per heavy atom. The van der Waals surface area contributed by atoms with Gasteiger partial charge in [0.25, 0.3) is 5.91 Å². The molecule has 2 bridgehead atoms. The number of carbonyl (C=O) groups is 1. The zero-order chi connectivity index (χ0) is 14.4. The lowest BCUT2D eigenvalue weighted by Crippen LogP contribution is -2.43. The molecule has 110 valence electrons. The van der Waals surface area contributed by atoms with E-state index in [1.54, 1.807) is 23.1 Å². The van der Waals surface area contributed by atoms with Gasteiger partial charge < -0.3 is 10.6 Å². The Morgan fingerprint density at radius 2 is 2.43 bits per heavy atom. The van der Waals surface area contributed by atoms with Crippen LogP contribution in [-0.4, -0.2) is 35.3 Å². The number of hydrogen-bond donors (Lipinski definition) is 2. The fourth-order valence-corrected chi connectivity index (χ4v) is 5.17. The maximum Gasteiger partial charge on any atom is 0.270 e. The average molecular weight is 319 g/mol. The molecule has 2 aliphatic heterocycles. The molecule has 2 fully saturated rings. The standard InChI is InChI=1S/C15H17N3OS2/c1-20-14-7-21-13-6-16-12(5-9(13)14)15(19)18-11-4-8-2-3-10(11)17-8/h5-8,10-11,17H,2-4H2,1H3,(H,18,19)/t8-,10+,11-/m1/s1. The third kappa shape index (κ3) is 2.35. The van der Waals surface area contributed by atoms with E-state index in [4.69, 9.17) is 0 Å². The molecule has 2 saturated heterocycles. The first-order valence-corrected chi connectivity index (χ1v) is 9.33. The minimum Gasteiger partial charge on any atom is -0.346 e. The number of thiophene rings is 1. The van der Waals surface area contributed by atoms with Crippen LogP contribution in [0.25, 0.3) is 10.1 Å². The smallest absolute Gasteiger partial charge is 0.270 e. The molecule has 1 amide bonds. The Bertz CT molecular complexity index is 699. The predicted molar refractivity (Wildman–Crippen MR) is 87.2 cm³/mol. The van der Waals surface area contributed by atoms with Gasteiger partial charge in [-0.1, -0.05) is 0 Å². The number of nitrogens with zero attached hydrogens (tertiary/aromatic N) is 1. The van der Waals surface area contributed by atoms with Gasteiger partial charge in [0.1, 0.15) is 5.69 Å². The molecule has 4 rings (SSSR count). The summed E-state index contributed by atoms with van der Waals surface area (Å²) < 4.78 is 1.14. The highest BCUT2D eigenvalue weighted by molar-refractivity contribution is 7.99. The zero-order valence-electron chi connectivity index (χ0n) is 11.8. The average Bonchev–Trinajstić information content (AvgIpc) is 3.21. The fourth-order valence-electron chi connectivity index (χ4n) is 3.42. The lowest BCUT2D eigenvalue weighted by molar-refractivity contribution is 0.0926. The van der Waals surface area contributed by atoms with Gasteiger partial charge in [-0.05, 0) is 31.6 Å². The van der Waals surface area contributed by atoms with Crippen molar-refractivity contribution in [1.82, 2.24) is 15.6 Å². The van der Waals surface area contributed by atoms with E-state index in [0.29, 0.717) is 17.8 Å². The molecule has 2 N–H and O–H groups in total. The summed E-state index contributed by atoms with van der Waals surface area (Å²) in [5, 5.41) is 9.96. The predicted octanol–water partition coefficient (Wildman–Crippen LogP) is 2.64. The molecule has 0 aromatic carbocycles. The largest absolute Gasteiger partial charge is 0.346 e. The van der Waals surface area contributed by atoms with Crippen LogP contribution in [0, 0.1) is 0 Å². The van der Waals surface area contributed by atoms with E-state index in [1.165, 1.54) is 17.7 Å². The number of hydrogen-bond acceptors (Lipinski definition) is 5. The van der Waals surface area contributed by atoms with Gasteiger partial charge in [0.2, 0.25) is 0 Å². The molecule has 0 radical (unpaired) electrons. The summed E-state index contributed by atoms with van der Waals surface area (Å²) in [4.78, 5) is 18.0. The second-order valence-electron chi connectivity index (χ2n) is 5.73. The number of carbonyl (C=O) groups excluding carboxylic acids is 1. The van der Waals surface area contributed by atoms with E-state index in [-0.39, 0.29) is 11.9 Å².